The minimum absolute atomic E-state index is 0.147. The fourth-order valence-electron chi connectivity index (χ4n) is 2.91. The molecule has 1 amide bonds. The Morgan fingerprint density at radius 2 is 1.96 bits per heavy atom. The van der Waals surface area contributed by atoms with Gasteiger partial charge in [0.15, 0.2) is 5.17 Å². The van der Waals surface area contributed by atoms with Crippen LogP contribution in [0.3, 0.4) is 0 Å². The lowest BCUT2D eigenvalue weighted by Crippen LogP contribution is -2.47. The van der Waals surface area contributed by atoms with Gasteiger partial charge in [-0.25, -0.2) is 0 Å². The zero-order valence-electron chi connectivity index (χ0n) is 14.4. The monoisotopic (exact) mass is 354 g/mol. The van der Waals surface area contributed by atoms with E-state index < -0.39 is 0 Å². The van der Waals surface area contributed by atoms with Crippen LogP contribution in [-0.2, 0) is 11.2 Å². The molecular formula is C19H22N4OS. The Balaban J connectivity index is 1.59. The topological polar surface area (TPSA) is 59.7 Å². The molecular weight excluding hydrogens is 332 g/mol. The van der Waals surface area contributed by atoms with Crippen LogP contribution in [-0.4, -0.2) is 53.6 Å². The van der Waals surface area contributed by atoms with Crippen molar-refractivity contribution in [2.45, 2.75) is 19.8 Å². The first kappa shape index (κ1) is 17.7. The second-order valence-corrected chi connectivity index (χ2v) is 7.15. The molecule has 0 atom stereocenters. The Labute approximate surface area is 153 Å². The number of thioether (sulfide) groups is 1. The molecule has 0 aliphatic carbocycles. The summed E-state index contributed by atoms with van der Waals surface area (Å²) in [7, 11) is 0. The fourth-order valence-corrected chi connectivity index (χ4v) is 3.87. The highest BCUT2D eigenvalue weighted by Gasteiger charge is 2.28. The number of carbonyl (C=O) groups excluding carboxylic acids is 1. The smallest absolute Gasteiger partial charge is 0.286 e. The van der Waals surface area contributed by atoms with Crippen molar-refractivity contribution in [2.75, 3.05) is 32.7 Å². The molecule has 3 rings (SSSR count). The van der Waals surface area contributed by atoms with Crippen LogP contribution in [0.25, 0.3) is 6.08 Å². The van der Waals surface area contributed by atoms with Crippen molar-refractivity contribution in [1.82, 2.24) is 9.80 Å². The lowest BCUT2D eigenvalue weighted by Gasteiger charge is -2.34. The van der Waals surface area contributed by atoms with Crippen LogP contribution in [0.1, 0.15) is 24.5 Å². The van der Waals surface area contributed by atoms with Crippen molar-refractivity contribution in [3.63, 3.8) is 0 Å². The molecule has 6 heteroatoms. The number of piperazine rings is 1. The Bertz CT molecular complexity index is 725. The first-order chi connectivity index (χ1) is 12.2. The Hall–Kier alpha value is -2.10. The number of amidine groups is 1. The van der Waals surface area contributed by atoms with Gasteiger partial charge in [-0.05, 0) is 35.4 Å². The minimum atomic E-state index is -0.147. The number of nitrogens with zero attached hydrogens (tertiary/aromatic N) is 4. The van der Waals surface area contributed by atoms with Gasteiger partial charge >= 0.3 is 0 Å². The highest BCUT2D eigenvalue weighted by molar-refractivity contribution is 8.18. The van der Waals surface area contributed by atoms with Crippen LogP contribution in [0.2, 0.25) is 0 Å². The van der Waals surface area contributed by atoms with Crippen LogP contribution in [0, 0.1) is 11.3 Å². The number of aliphatic imine (C=N–C) groups is 1. The van der Waals surface area contributed by atoms with Crippen molar-refractivity contribution in [3.8, 4) is 6.07 Å². The summed E-state index contributed by atoms with van der Waals surface area (Å²) < 4.78 is 0. The number of benzene rings is 1. The third-order valence-electron chi connectivity index (χ3n) is 4.48. The summed E-state index contributed by atoms with van der Waals surface area (Å²) in [6.07, 6.45) is 3.50. The van der Waals surface area contributed by atoms with E-state index in [0.29, 0.717) is 11.3 Å². The standard InChI is InChI=1S/C19H22N4OS/c1-2-15-4-6-16(7-5-15)14-17-18(24)21-19(25-17)23-12-10-22(11-13-23)9-3-8-20/h4-7,14H,2-3,9-13H2,1H3. The molecule has 1 saturated heterocycles. The van der Waals surface area contributed by atoms with Gasteiger partial charge in [-0.1, -0.05) is 31.2 Å². The number of amides is 1. The zero-order valence-corrected chi connectivity index (χ0v) is 15.3. The summed E-state index contributed by atoms with van der Waals surface area (Å²) in [6.45, 7) is 6.47. The number of nitriles is 1. The molecule has 2 aliphatic rings. The van der Waals surface area contributed by atoms with Crippen molar-refractivity contribution in [2.24, 2.45) is 4.99 Å². The Morgan fingerprint density at radius 1 is 1.24 bits per heavy atom. The zero-order chi connectivity index (χ0) is 17.6. The average Bonchev–Trinajstić information content (AvgIpc) is 3.01. The van der Waals surface area contributed by atoms with Gasteiger partial charge in [0, 0.05) is 39.1 Å². The van der Waals surface area contributed by atoms with Gasteiger partial charge in [-0.3, -0.25) is 9.69 Å². The van der Waals surface area contributed by atoms with E-state index in [1.165, 1.54) is 17.3 Å². The van der Waals surface area contributed by atoms with Gasteiger partial charge in [0.1, 0.15) is 0 Å². The maximum atomic E-state index is 12.2. The summed E-state index contributed by atoms with van der Waals surface area (Å²) in [5.74, 6) is -0.147. The Kier molecular flexibility index (Phi) is 5.90. The first-order valence-corrected chi connectivity index (χ1v) is 9.47. The molecule has 1 fully saturated rings. The molecule has 1 aromatic rings. The van der Waals surface area contributed by atoms with E-state index in [1.54, 1.807) is 0 Å². The predicted octanol–water partition coefficient (Wildman–Crippen LogP) is 2.75. The average molecular weight is 354 g/mol. The largest absolute Gasteiger partial charge is 0.348 e. The van der Waals surface area contributed by atoms with Gasteiger partial charge in [0.2, 0.25) is 0 Å². The van der Waals surface area contributed by atoms with Gasteiger partial charge in [-0.2, -0.15) is 10.3 Å². The maximum absolute atomic E-state index is 12.2. The minimum Gasteiger partial charge on any atom is -0.348 e. The number of hydrogen-bond donors (Lipinski definition) is 0. The second kappa shape index (κ2) is 8.32. The SMILES string of the molecule is CCc1ccc(C=C2SC(N3CCN(CCC#N)CC3)=NC2=O)cc1. The highest BCUT2D eigenvalue weighted by atomic mass is 32.2. The molecule has 1 aromatic carbocycles. The molecule has 2 aliphatic heterocycles. The first-order valence-electron chi connectivity index (χ1n) is 8.65. The van der Waals surface area contributed by atoms with Crippen molar-refractivity contribution >= 4 is 28.9 Å². The molecule has 0 N–H and O–H groups in total. The van der Waals surface area contributed by atoms with Gasteiger partial charge in [0.05, 0.1) is 11.0 Å². The number of aryl methyl sites for hydroxylation is 1. The van der Waals surface area contributed by atoms with E-state index in [-0.39, 0.29) is 5.91 Å². The van der Waals surface area contributed by atoms with Gasteiger partial charge in [0.25, 0.3) is 5.91 Å². The van der Waals surface area contributed by atoms with Crippen molar-refractivity contribution in [1.29, 1.82) is 5.26 Å². The van der Waals surface area contributed by atoms with Crippen LogP contribution in [0.4, 0.5) is 0 Å². The number of rotatable bonds is 4. The second-order valence-electron chi connectivity index (χ2n) is 6.14. The maximum Gasteiger partial charge on any atom is 0.286 e. The van der Waals surface area contributed by atoms with E-state index in [4.69, 9.17) is 5.26 Å². The van der Waals surface area contributed by atoms with E-state index in [0.717, 1.165) is 49.9 Å². The van der Waals surface area contributed by atoms with Crippen LogP contribution in [0.5, 0.6) is 0 Å². The van der Waals surface area contributed by atoms with Gasteiger partial charge < -0.3 is 4.90 Å². The third kappa shape index (κ3) is 4.50. The molecule has 0 radical (unpaired) electrons. The summed E-state index contributed by atoms with van der Waals surface area (Å²) in [5.41, 5.74) is 2.32. The quantitative estimate of drug-likeness (QED) is 0.778. The lowest BCUT2D eigenvalue weighted by atomic mass is 10.1. The molecule has 25 heavy (non-hydrogen) atoms. The predicted molar refractivity (Wildman–Crippen MR) is 102 cm³/mol. The van der Waals surface area contributed by atoms with Crippen LogP contribution >= 0.6 is 11.8 Å². The van der Waals surface area contributed by atoms with Crippen LogP contribution in [0.15, 0.2) is 34.2 Å². The van der Waals surface area contributed by atoms with E-state index in [1.807, 2.05) is 18.2 Å². The third-order valence-corrected chi connectivity index (χ3v) is 5.52. The highest BCUT2D eigenvalue weighted by Crippen LogP contribution is 2.30. The molecule has 0 unspecified atom stereocenters. The molecule has 0 bridgehead atoms. The molecule has 130 valence electrons. The molecule has 0 saturated carbocycles. The summed E-state index contributed by atoms with van der Waals surface area (Å²) >= 11 is 1.47. The normalized spacial score (nSPS) is 20.0. The summed E-state index contributed by atoms with van der Waals surface area (Å²) in [5, 5.41) is 9.48. The van der Waals surface area contributed by atoms with E-state index in [2.05, 4.69) is 39.9 Å². The van der Waals surface area contributed by atoms with Crippen LogP contribution < -0.4 is 0 Å². The molecule has 5 nitrogen and oxygen atoms in total. The van der Waals surface area contributed by atoms with Crippen molar-refractivity contribution in [3.05, 3.63) is 40.3 Å². The molecule has 2 heterocycles. The molecule has 0 spiro atoms. The van der Waals surface area contributed by atoms with E-state index >= 15 is 0 Å². The Morgan fingerprint density at radius 3 is 2.60 bits per heavy atom. The summed E-state index contributed by atoms with van der Waals surface area (Å²) in [6, 6.07) is 10.5. The van der Waals surface area contributed by atoms with Crippen molar-refractivity contribution < 1.29 is 4.79 Å². The number of hydrogen-bond acceptors (Lipinski definition) is 5. The van der Waals surface area contributed by atoms with E-state index in [9.17, 15) is 4.79 Å². The molecule has 0 aromatic heterocycles. The van der Waals surface area contributed by atoms with Gasteiger partial charge in [-0.15, -0.1) is 0 Å². The number of carbonyl (C=O) groups is 1. The summed E-state index contributed by atoms with van der Waals surface area (Å²) in [4.78, 5) is 21.6. The fraction of sp³-hybridized carbons (Fsp3) is 0.421. The lowest BCUT2D eigenvalue weighted by molar-refractivity contribution is -0.113.